The van der Waals surface area contributed by atoms with Gasteiger partial charge in [-0.1, -0.05) is 5.16 Å². The van der Waals surface area contributed by atoms with Crippen LogP contribution >= 0.6 is 22.7 Å². The first-order chi connectivity index (χ1) is 12.3. The van der Waals surface area contributed by atoms with Gasteiger partial charge in [-0.25, -0.2) is 0 Å². The van der Waals surface area contributed by atoms with E-state index in [1.807, 2.05) is 38.6 Å². The lowest BCUT2D eigenvalue weighted by molar-refractivity contribution is -0.132. The van der Waals surface area contributed by atoms with Gasteiger partial charge in [0.2, 0.25) is 17.6 Å². The van der Waals surface area contributed by atoms with Crippen molar-refractivity contribution in [3.63, 3.8) is 0 Å². The molecule has 1 aliphatic heterocycles. The van der Waals surface area contributed by atoms with Crippen LogP contribution < -0.4 is 0 Å². The van der Waals surface area contributed by atoms with Crippen LogP contribution in [0.2, 0.25) is 0 Å². The van der Waals surface area contributed by atoms with Crippen LogP contribution in [-0.2, 0) is 17.6 Å². The number of nitrogens with zero attached hydrogens (tertiary/aromatic N) is 3. The molecule has 3 aromatic rings. The van der Waals surface area contributed by atoms with Gasteiger partial charge in [-0.05, 0) is 52.6 Å². The van der Waals surface area contributed by atoms with Gasteiger partial charge in [0.05, 0.1) is 6.42 Å². The third-order valence-corrected chi connectivity index (χ3v) is 5.93. The summed E-state index contributed by atoms with van der Waals surface area (Å²) in [6.45, 7) is 1.63. The molecule has 1 atom stereocenters. The van der Waals surface area contributed by atoms with E-state index in [9.17, 15) is 4.79 Å². The number of aromatic nitrogens is 2. The maximum atomic E-state index is 12.5. The molecule has 130 valence electrons. The fourth-order valence-electron chi connectivity index (χ4n) is 3.23. The van der Waals surface area contributed by atoms with Crippen LogP contribution in [0.3, 0.4) is 0 Å². The SMILES string of the molecule is O=C(Cc1ccsc1)N1CCC[C@H](Cc2nc(-c3ccsc3)no2)C1. The zero-order valence-corrected chi connectivity index (χ0v) is 15.4. The monoisotopic (exact) mass is 373 g/mol. The van der Waals surface area contributed by atoms with E-state index in [-0.39, 0.29) is 5.91 Å². The summed E-state index contributed by atoms with van der Waals surface area (Å²) in [7, 11) is 0. The fraction of sp³-hybridized carbons (Fsp3) is 0.389. The Bertz CT molecular complexity index is 811. The highest BCUT2D eigenvalue weighted by atomic mass is 32.1. The molecule has 0 aliphatic carbocycles. The molecule has 1 saturated heterocycles. The minimum Gasteiger partial charge on any atom is -0.342 e. The van der Waals surface area contributed by atoms with Crippen molar-refractivity contribution >= 4 is 28.6 Å². The third kappa shape index (κ3) is 3.99. The number of carbonyl (C=O) groups is 1. The first kappa shape index (κ1) is 16.5. The molecule has 4 heterocycles. The van der Waals surface area contributed by atoms with Crippen LogP contribution in [0.15, 0.2) is 38.2 Å². The van der Waals surface area contributed by atoms with Crippen LogP contribution in [0.5, 0.6) is 0 Å². The topological polar surface area (TPSA) is 59.2 Å². The predicted octanol–water partition coefficient (Wildman–Crippen LogP) is 3.88. The normalized spacial score (nSPS) is 17.8. The quantitative estimate of drug-likeness (QED) is 0.681. The average Bonchev–Trinajstić information content (AvgIpc) is 3.37. The molecule has 0 bridgehead atoms. The molecule has 1 aliphatic rings. The molecule has 0 radical (unpaired) electrons. The van der Waals surface area contributed by atoms with E-state index in [2.05, 4.69) is 10.1 Å². The Kier molecular flexibility index (Phi) is 4.94. The molecule has 5 nitrogen and oxygen atoms in total. The number of thiophene rings is 2. The minimum absolute atomic E-state index is 0.215. The largest absolute Gasteiger partial charge is 0.342 e. The second-order valence-electron chi connectivity index (χ2n) is 6.38. The zero-order chi connectivity index (χ0) is 17.1. The summed E-state index contributed by atoms with van der Waals surface area (Å²) < 4.78 is 5.41. The van der Waals surface area contributed by atoms with Crippen molar-refractivity contribution < 1.29 is 9.32 Å². The second-order valence-corrected chi connectivity index (χ2v) is 7.94. The first-order valence-corrected chi connectivity index (χ1v) is 10.3. The van der Waals surface area contributed by atoms with Crippen molar-refractivity contribution in [2.24, 2.45) is 5.92 Å². The second kappa shape index (κ2) is 7.49. The molecule has 0 saturated carbocycles. The highest BCUT2D eigenvalue weighted by Gasteiger charge is 2.25. The van der Waals surface area contributed by atoms with Crippen LogP contribution in [0.1, 0.15) is 24.3 Å². The summed E-state index contributed by atoms with van der Waals surface area (Å²) in [6, 6.07) is 4.01. The van der Waals surface area contributed by atoms with Gasteiger partial charge in [-0.15, -0.1) is 0 Å². The van der Waals surface area contributed by atoms with Crippen LogP contribution in [0, 0.1) is 5.92 Å². The van der Waals surface area contributed by atoms with E-state index in [0.717, 1.165) is 43.5 Å². The Balaban J connectivity index is 1.36. The highest BCUT2D eigenvalue weighted by molar-refractivity contribution is 7.08. The smallest absolute Gasteiger partial charge is 0.227 e. The Morgan fingerprint density at radius 2 is 2.16 bits per heavy atom. The summed E-state index contributed by atoms with van der Waals surface area (Å²) >= 11 is 3.25. The van der Waals surface area contributed by atoms with Crippen molar-refractivity contribution in [3.8, 4) is 11.4 Å². The summed E-state index contributed by atoms with van der Waals surface area (Å²) in [6.07, 6.45) is 3.36. The number of rotatable bonds is 5. The standard InChI is InChI=1S/C18H19N3O2S2/c22-17(9-14-3-6-24-11-14)21-5-1-2-13(10-21)8-16-19-18(20-23-16)15-4-7-25-12-15/h3-4,6-7,11-13H,1-2,5,8-10H2/t13-/m1/s1. The lowest BCUT2D eigenvalue weighted by atomic mass is 9.94. The zero-order valence-electron chi connectivity index (χ0n) is 13.8. The van der Waals surface area contributed by atoms with Crippen LogP contribution in [-0.4, -0.2) is 34.0 Å². The number of hydrogen-bond donors (Lipinski definition) is 0. The third-order valence-electron chi connectivity index (χ3n) is 4.52. The molecule has 25 heavy (non-hydrogen) atoms. The average molecular weight is 374 g/mol. The molecular weight excluding hydrogens is 354 g/mol. The van der Waals surface area contributed by atoms with E-state index in [4.69, 9.17) is 4.52 Å². The lowest BCUT2D eigenvalue weighted by Crippen LogP contribution is -2.41. The molecular formula is C18H19N3O2S2. The molecule has 0 spiro atoms. The van der Waals surface area contributed by atoms with Gasteiger partial charge in [0, 0.05) is 30.5 Å². The molecule has 7 heteroatoms. The number of piperidine rings is 1. The maximum Gasteiger partial charge on any atom is 0.227 e. The summed E-state index contributed by atoms with van der Waals surface area (Å²) in [5.74, 6) is 1.92. The number of amides is 1. The molecule has 3 aromatic heterocycles. The van der Waals surface area contributed by atoms with E-state index < -0.39 is 0 Å². The number of likely N-dealkylation sites (tertiary alicyclic amines) is 1. The Hall–Kier alpha value is -1.99. The van der Waals surface area contributed by atoms with Crippen molar-refractivity contribution in [1.29, 1.82) is 0 Å². The summed E-state index contributed by atoms with van der Waals surface area (Å²) in [5.41, 5.74) is 2.10. The first-order valence-electron chi connectivity index (χ1n) is 8.42. The summed E-state index contributed by atoms with van der Waals surface area (Å²) in [4.78, 5) is 19.0. The van der Waals surface area contributed by atoms with Crippen molar-refractivity contribution in [2.45, 2.75) is 25.7 Å². The molecule has 1 fully saturated rings. The molecule has 0 N–H and O–H groups in total. The Morgan fingerprint density at radius 3 is 2.96 bits per heavy atom. The summed E-state index contributed by atoms with van der Waals surface area (Å²) in [5, 5.41) is 12.1. The maximum absolute atomic E-state index is 12.5. The van der Waals surface area contributed by atoms with Crippen molar-refractivity contribution in [2.75, 3.05) is 13.1 Å². The van der Waals surface area contributed by atoms with E-state index in [0.29, 0.717) is 24.1 Å². The fourth-order valence-corrected chi connectivity index (χ4v) is 4.53. The van der Waals surface area contributed by atoms with Gasteiger partial charge in [0.25, 0.3) is 0 Å². The van der Waals surface area contributed by atoms with Gasteiger partial charge >= 0.3 is 0 Å². The van der Waals surface area contributed by atoms with Gasteiger partial charge < -0.3 is 9.42 Å². The van der Waals surface area contributed by atoms with Crippen molar-refractivity contribution in [1.82, 2.24) is 15.0 Å². The van der Waals surface area contributed by atoms with E-state index in [1.165, 1.54) is 0 Å². The molecule has 0 unspecified atom stereocenters. The number of hydrogen-bond acceptors (Lipinski definition) is 6. The van der Waals surface area contributed by atoms with E-state index in [1.54, 1.807) is 22.7 Å². The van der Waals surface area contributed by atoms with Crippen molar-refractivity contribution in [3.05, 3.63) is 45.1 Å². The van der Waals surface area contributed by atoms with Crippen LogP contribution in [0.4, 0.5) is 0 Å². The van der Waals surface area contributed by atoms with Gasteiger partial charge in [-0.2, -0.15) is 27.7 Å². The van der Waals surface area contributed by atoms with Crippen LogP contribution in [0.25, 0.3) is 11.4 Å². The Morgan fingerprint density at radius 1 is 1.28 bits per heavy atom. The predicted molar refractivity (Wildman–Crippen MR) is 98.6 cm³/mol. The Labute approximate surface area is 154 Å². The van der Waals surface area contributed by atoms with Gasteiger partial charge in [0.1, 0.15) is 0 Å². The van der Waals surface area contributed by atoms with Gasteiger partial charge in [-0.3, -0.25) is 4.79 Å². The van der Waals surface area contributed by atoms with Gasteiger partial charge in [0.15, 0.2) is 0 Å². The molecule has 0 aromatic carbocycles. The highest BCUT2D eigenvalue weighted by Crippen LogP contribution is 2.23. The molecule has 4 rings (SSSR count). The number of carbonyl (C=O) groups excluding carboxylic acids is 1. The lowest BCUT2D eigenvalue weighted by Gasteiger charge is -2.32. The minimum atomic E-state index is 0.215. The molecule has 1 amide bonds. The van der Waals surface area contributed by atoms with E-state index >= 15 is 0 Å².